The summed E-state index contributed by atoms with van der Waals surface area (Å²) < 4.78 is 18.4. The number of anilines is 3. The van der Waals surface area contributed by atoms with Gasteiger partial charge >= 0.3 is 0 Å². The lowest BCUT2D eigenvalue weighted by Crippen LogP contribution is -2.13. The third kappa shape index (κ3) is 4.11. The molecule has 0 aliphatic carbocycles. The maximum Gasteiger partial charge on any atom is 0.259 e. The van der Waals surface area contributed by atoms with Gasteiger partial charge in [-0.05, 0) is 42.5 Å². The smallest absolute Gasteiger partial charge is 0.259 e. The van der Waals surface area contributed by atoms with E-state index >= 15 is 0 Å². The summed E-state index contributed by atoms with van der Waals surface area (Å²) in [7, 11) is 1.51. The number of aromatic nitrogens is 1. The van der Waals surface area contributed by atoms with Gasteiger partial charge in [-0.15, -0.1) is 0 Å². The topological polar surface area (TPSA) is 63.2 Å². The Morgan fingerprint density at radius 2 is 1.88 bits per heavy atom. The van der Waals surface area contributed by atoms with E-state index < -0.39 is 0 Å². The molecule has 1 heterocycles. The summed E-state index contributed by atoms with van der Waals surface area (Å²) in [5.74, 6) is 0.425. The molecule has 2 N–H and O–H groups in total. The number of hydrogen-bond acceptors (Lipinski definition) is 4. The van der Waals surface area contributed by atoms with Crippen LogP contribution in [0.3, 0.4) is 0 Å². The molecule has 0 radical (unpaired) electrons. The quantitative estimate of drug-likeness (QED) is 0.731. The summed E-state index contributed by atoms with van der Waals surface area (Å²) in [6.07, 6.45) is 1.52. The lowest BCUT2D eigenvalue weighted by molar-refractivity contribution is 0.102. The fraction of sp³-hybridized carbons (Fsp3) is 0.0526. The number of methoxy groups -OCH3 is 1. The van der Waals surface area contributed by atoms with Crippen LogP contribution in [-0.4, -0.2) is 18.0 Å². The first-order valence-electron chi connectivity index (χ1n) is 7.59. The number of nitrogens with zero attached hydrogens (tertiary/aromatic N) is 1. The molecule has 5 nitrogen and oxygen atoms in total. The Morgan fingerprint density at radius 1 is 1.04 bits per heavy atom. The molecule has 25 heavy (non-hydrogen) atoms. The molecule has 0 bridgehead atoms. The fourth-order valence-corrected chi connectivity index (χ4v) is 2.29. The van der Waals surface area contributed by atoms with Crippen molar-refractivity contribution in [3.8, 4) is 5.75 Å². The summed E-state index contributed by atoms with van der Waals surface area (Å²) in [5.41, 5.74) is 1.57. The van der Waals surface area contributed by atoms with Crippen LogP contribution in [0, 0.1) is 5.82 Å². The van der Waals surface area contributed by atoms with Crippen molar-refractivity contribution < 1.29 is 13.9 Å². The van der Waals surface area contributed by atoms with E-state index in [1.807, 2.05) is 0 Å². The highest BCUT2D eigenvalue weighted by Crippen LogP contribution is 2.20. The molecule has 3 aromatic rings. The van der Waals surface area contributed by atoms with Crippen molar-refractivity contribution in [1.82, 2.24) is 4.98 Å². The molecule has 0 fully saturated rings. The Morgan fingerprint density at radius 3 is 2.60 bits per heavy atom. The molecular formula is C19H16FN3O2. The normalized spacial score (nSPS) is 10.2. The van der Waals surface area contributed by atoms with Crippen LogP contribution in [0.2, 0.25) is 0 Å². The van der Waals surface area contributed by atoms with E-state index in [1.54, 1.807) is 48.5 Å². The lowest BCUT2D eigenvalue weighted by atomic mass is 10.2. The largest absolute Gasteiger partial charge is 0.496 e. The number of carbonyl (C=O) groups excluding carboxylic acids is 1. The van der Waals surface area contributed by atoms with E-state index in [2.05, 4.69) is 15.6 Å². The van der Waals surface area contributed by atoms with Gasteiger partial charge in [-0.2, -0.15) is 0 Å². The molecule has 1 amide bonds. The van der Waals surface area contributed by atoms with Crippen LogP contribution in [0.5, 0.6) is 5.75 Å². The molecule has 0 spiro atoms. The van der Waals surface area contributed by atoms with Gasteiger partial charge in [0.05, 0.1) is 24.6 Å². The number of halogens is 1. The van der Waals surface area contributed by atoms with Gasteiger partial charge in [0.15, 0.2) is 0 Å². The summed E-state index contributed by atoms with van der Waals surface area (Å²) in [5, 5.41) is 5.76. The zero-order chi connectivity index (χ0) is 17.6. The summed E-state index contributed by atoms with van der Waals surface area (Å²) in [4.78, 5) is 16.5. The SMILES string of the molecule is COc1ccccc1C(=O)Nc1ccc(Nc2cccc(F)c2)nc1. The molecule has 0 aliphatic rings. The summed E-state index contributed by atoms with van der Waals surface area (Å²) in [6, 6.07) is 16.5. The van der Waals surface area contributed by atoms with E-state index in [9.17, 15) is 9.18 Å². The standard InChI is InChI=1S/C19H16FN3O2/c1-25-17-8-3-2-7-16(17)19(24)23-15-9-10-18(21-12-15)22-14-6-4-5-13(20)11-14/h2-12H,1H3,(H,21,22)(H,23,24). The Bertz CT molecular complexity index is 882. The van der Waals surface area contributed by atoms with Crippen LogP contribution in [0.15, 0.2) is 66.9 Å². The average Bonchev–Trinajstić information content (AvgIpc) is 2.63. The first-order chi connectivity index (χ1) is 12.2. The highest BCUT2D eigenvalue weighted by atomic mass is 19.1. The van der Waals surface area contributed by atoms with Crippen LogP contribution in [0.4, 0.5) is 21.6 Å². The predicted octanol–water partition coefficient (Wildman–Crippen LogP) is 4.23. The molecular weight excluding hydrogens is 321 g/mol. The fourth-order valence-electron chi connectivity index (χ4n) is 2.29. The minimum atomic E-state index is -0.328. The first-order valence-corrected chi connectivity index (χ1v) is 7.59. The number of ether oxygens (including phenoxy) is 1. The van der Waals surface area contributed by atoms with Crippen molar-refractivity contribution in [2.75, 3.05) is 17.7 Å². The minimum Gasteiger partial charge on any atom is -0.496 e. The molecule has 0 unspecified atom stereocenters. The van der Waals surface area contributed by atoms with Gasteiger partial charge in [0.1, 0.15) is 17.4 Å². The molecule has 0 saturated carbocycles. The van der Waals surface area contributed by atoms with E-state index in [-0.39, 0.29) is 11.7 Å². The summed E-state index contributed by atoms with van der Waals surface area (Å²) >= 11 is 0. The summed E-state index contributed by atoms with van der Waals surface area (Å²) in [6.45, 7) is 0. The van der Waals surface area contributed by atoms with Crippen molar-refractivity contribution in [3.05, 3.63) is 78.2 Å². The van der Waals surface area contributed by atoms with Gasteiger partial charge in [-0.3, -0.25) is 4.79 Å². The van der Waals surface area contributed by atoms with Crippen molar-refractivity contribution in [2.24, 2.45) is 0 Å². The molecule has 0 saturated heterocycles. The number of amides is 1. The number of nitrogens with one attached hydrogen (secondary N) is 2. The number of pyridine rings is 1. The molecule has 0 atom stereocenters. The predicted molar refractivity (Wildman–Crippen MR) is 94.9 cm³/mol. The van der Waals surface area contributed by atoms with Crippen LogP contribution in [-0.2, 0) is 0 Å². The maximum atomic E-state index is 13.2. The second kappa shape index (κ2) is 7.44. The van der Waals surface area contributed by atoms with E-state index in [1.165, 1.54) is 25.4 Å². The minimum absolute atomic E-state index is 0.287. The number of para-hydroxylation sites is 1. The van der Waals surface area contributed by atoms with Crippen LogP contribution >= 0.6 is 0 Å². The number of rotatable bonds is 5. The maximum absolute atomic E-state index is 13.2. The second-order valence-electron chi connectivity index (χ2n) is 5.22. The Labute approximate surface area is 144 Å². The number of benzene rings is 2. The van der Waals surface area contributed by atoms with Crippen molar-refractivity contribution >= 4 is 23.1 Å². The van der Waals surface area contributed by atoms with Crippen molar-refractivity contribution in [1.29, 1.82) is 0 Å². The van der Waals surface area contributed by atoms with E-state index in [0.717, 1.165) is 0 Å². The average molecular weight is 337 g/mol. The molecule has 1 aromatic heterocycles. The number of hydrogen-bond donors (Lipinski definition) is 2. The number of carbonyl (C=O) groups is 1. The first kappa shape index (κ1) is 16.4. The van der Waals surface area contributed by atoms with E-state index in [0.29, 0.717) is 28.5 Å². The molecule has 2 aromatic carbocycles. The van der Waals surface area contributed by atoms with Gasteiger partial charge in [0.25, 0.3) is 5.91 Å². The van der Waals surface area contributed by atoms with Gasteiger partial charge in [-0.25, -0.2) is 9.37 Å². The van der Waals surface area contributed by atoms with Gasteiger partial charge in [0, 0.05) is 5.69 Å². The van der Waals surface area contributed by atoms with Crippen LogP contribution < -0.4 is 15.4 Å². The van der Waals surface area contributed by atoms with Crippen LogP contribution in [0.25, 0.3) is 0 Å². The highest BCUT2D eigenvalue weighted by Gasteiger charge is 2.11. The lowest BCUT2D eigenvalue weighted by Gasteiger charge is -2.10. The Balaban J connectivity index is 1.69. The third-order valence-electron chi connectivity index (χ3n) is 3.47. The van der Waals surface area contributed by atoms with Crippen molar-refractivity contribution in [3.63, 3.8) is 0 Å². The molecule has 126 valence electrons. The Hall–Kier alpha value is -3.41. The van der Waals surface area contributed by atoms with Crippen LogP contribution in [0.1, 0.15) is 10.4 Å². The molecule has 6 heteroatoms. The van der Waals surface area contributed by atoms with Crippen molar-refractivity contribution in [2.45, 2.75) is 0 Å². The zero-order valence-electron chi connectivity index (χ0n) is 13.5. The molecule has 3 rings (SSSR count). The molecule has 0 aliphatic heterocycles. The van der Waals surface area contributed by atoms with Gasteiger partial charge < -0.3 is 15.4 Å². The highest BCUT2D eigenvalue weighted by molar-refractivity contribution is 6.06. The monoisotopic (exact) mass is 337 g/mol. The Kier molecular flexibility index (Phi) is 4.89. The van der Waals surface area contributed by atoms with Gasteiger partial charge in [0.2, 0.25) is 0 Å². The zero-order valence-corrected chi connectivity index (χ0v) is 13.5. The third-order valence-corrected chi connectivity index (χ3v) is 3.47. The van der Waals surface area contributed by atoms with E-state index in [4.69, 9.17) is 4.74 Å². The van der Waals surface area contributed by atoms with Gasteiger partial charge in [-0.1, -0.05) is 18.2 Å². The second-order valence-corrected chi connectivity index (χ2v) is 5.22.